The molecule has 0 unspecified atom stereocenters. The van der Waals surface area contributed by atoms with Gasteiger partial charge in [-0.3, -0.25) is 14.6 Å². The fraction of sp³-hybridized carbons (Fsp3) is 0.167. The highest BCUT2D eigenvalue weighted by atomic mass is 35.5. The minimum absolute atomic E-state index is 0.263. The first-order valence-corrected chi connectivity index (χ1v) is 13.4. The summed E-state index contributed by atoms with van der Waals surface area (Å²) in [7, 11) is 0. The Morgan fingerprint density at radius 3 is 1.77 bits per heavy atom. The minimum atomic E-state index is -0.577. The first-order chi connectivity index (χ1) is 16.5. The van der Waals surface area contributed by atoms with Crippen LogP contribution in [0.25, 0.3) is 0 Å². The van der Waals surface area contributed by atoms with Gasteiger partial charge < -0.3 is 0 Å². The molecule has 2 aromatic carbocycles. The quantitative estimate of drug-likeness (QED) is 0.168. The number of pyridine rings is 1. The Bertz CT molecular complexity index is 1210. The maximum Gasteiger partial charge on any atom is 0.279 e. The smallest absolute Gasteiger partial charge is 0.276 e. The van der Waals surface area contributed by atoms with Crippen LogP contribution < -0.4 is 0 Å². The molecule has 3 aromatic rings. The number of hydrogen-bond acceptors (Lipinski definition) is 4. The van der Waals surface area contributed by atoms with Crippen LogP contribution in [0.15, 0.2) is 53.8 Å². The lowest BCUT2D eigenvalue weighted by Gasteiger charge is -2.09. The van der Waals surface area contributed by atoms with Crippen LogP contribution in [0.2, 0.25) is 25.1 Å². The summed E-state index contributed by atoms with van der Waals surface area (Å²) in [6, 6.07) is 9.17. The van der Waals surface area contributed by atoms with Gasteiger partial charge in [0.05, 0.1) is 26.2 Å². The van der Waals surface area contributed by atoms with Crippen LogP contribution >= 0.6 is 81.4 Å². The third kappa shape index (κ3) is 9.58. The Kier molecular flexibility index (Phi) is 14.3. The Morgan fingerprint density at radius 1 is 0.829 bits per heavy atom. The topological polar surface area (TPSA) is 59.4 Å². The van der Waals surface area contributed by atoms with Crippen LogP contribution in [0.3, 0.4) is 0 Å². The average Bonchev–Trinajstić information content (AvgIpc) is 2.79. The van der Waals surface area contributed by atoms with Crippen molar-refractivity contribution in [2.75, 3.05) is 6.26 Å². The molecule has 1 amide bonds. The Labute approximate surface area is 238 Å². The number of aromatic nitrogens is 1. The first kappa shape index (κ1) is 31.7. The van der Waals surface area contributed by atoms with Gasteiger partial charge in [0.1, 0.15) is 5.04 Å². The van der Waals surface area contributed by atoms with Crippen molar-refractivity contribution in [3.63, 3.8) is 0 Å². The summed E-state index contributed by atoms with van der Waals surface area (Å²) in [4.78, 5) is 31.1. The molecule has 0 radical (unpaired) electrons. The van der Waals surface area contributed by atoms with Crippen LogP contribution in [0.1, 0.15) is 45.7 Å². The Morgan fingerprint density at radius 2 is 1.34 bits per heavy atom. The molecule has 0 saturated heterocycles. The number of halogens is 6. The number of aryl methyl sites for hydroxylation is 1. The van der Waals surface area contributed by atoms with E-state index in [-0.39, 0.29) is 15.6 Å². The lowest BCUT2D eigenvalue weighted by Crippen LogP contribution is -2.05. The van der Waals surface area contributed by atoms with Crippen molar-refractivity contribution in [3.8, 4) is 0 Å². The monoisotopic (exact) mass is 610 g/mol. The van der Waals surface area contributed by atoms with Crippen molar-refractivity contribution in [2.24, 2.45) is 4.99 Å². The molecule has 1 heterocycles. The molecule has 0 bridgehead atoms. The molecule has 0 aliphatic carbocycles. The van der Waals surface area contributed by atoms with Gasteiger partial charge in [-0.2, -0.15) is 0 Å². The molecule has 35 heavy (non-hydrogen) atoms. The van der Waals surface area contributed by atoms with Gasteiger partial charge in [0.2, 0.25) is 0 Å². The zero-order chi connectivity index (χ0) is 26.7. The average molecular weight is 613 g/mol. The number of nitrogens with zero attached hydrogens (tertiary/aromatic N) is 2. The van der Waals surface area contributed by atoms with Gasteiger partial charge >= 0.3 is 0 Å². The van der Waals surface area contributed by atoms with E-state index in [4.69, 9.17) is 69.6 Å². The fourth-order valence-corrected chi connectivity index (χ4v) is 4.67. The molecule has 0 N–H and O–H groups in total. The third-order valence-electron chi connectivity index (χ3n) is 4.00. The van der Waals surface area contributed by atoms with E-state index in [1.54, 1.807) is 24.4 Å². The van der Waals surface area contributed by atoms with E-state index < -0.39 is 11.1 Å². The summed E-state index contributed by atoms with van der Waals surface area (Å²) in [5, 5.41) is 1.87. The Balaban J connectivity index is 0.000000395. The van der Waals surface area contributed by atoms with E-state index in [1.165, 1.54) is 36.2 Å². The number of benzene rings is 2. The maximum atomic E-state index is 12.4. The SMILES string of the molecule is CC.CSC(=NC(=O)c1ccc(Cl)cc1Cl)c1c(C)cncc1Cl.O=C(Cl)c1ccc(Cl)cc1Cl. The highest BCUT2D eigenvalue weighted by Crippen LogP contribution is 2.26. The molecular weight excluding hydrogens is 593 g/mol. The van der Waals surface area contributed by atoms with Gasteiger partial charge in [-0.25, -0.2) is 4.99 Å². The van der Waals surface area contributed by atoms with Crippen LogP contribution in [0.4, 0.5) is 0 Å². The van der Waals surface area contributed by atoms with Crippen molar-refractivity contribution in [1.82, 2.24) is 4.98 Å². The van der Waals surface area contributed by atoms with Gasteiger partial charge in [0.15, 0.2) is 0 Å². The minimum Gasteiger partial charge on any atom is -0.276 e. The van der Waals surface area contributed by atoms with E-state index in [1.807, 2.05) is 27.0 Å². The van der Waals surface area contributed by atoms with Crippen molar-refractivity contribution in [1.29, 1.82) is 0 Å². The highest BCUT2D eigenvalue weighted by molar-refractivity contribution is 8.13. The second kappa shape index (κ2) is 15.7. The number of amides is 1. The van der Waals surface area contributed by atoms with Crippen molar-refractivity contribution in [3.05, 3.63) is 96.2 Å². The zero-order valence-electron chi connectivity index (χ0n) is 19.0. The molecule has 11 heteroatoms. The molecule has 186 valence electrons. The van der Waals surface area contributed by atoms with E-state index in [0.29, 0.717) is 31.2 Å². The van der Waals surface area contributed by atoms with Gasteiger partial charge in [0, 0.05) is 28.0 Å². The summed E-state index contributed by atoms with van der Waals surface area (Å²) >= 11 is 35.8. The first-order valence-electron chi connectivity index (χ1n) is 9.92. The molecule has 3 rings (SSSR count). The molecule has 1 aromatic heterocycles. The zero-order valence-corrected chi connectivity index (χ0v) is 24.4. The molecular formula is C24H20Cl6N2O2S. The van der Waals surface area contributed by atoms with Crippen LogP contribution in [-0.4, -0.2) is 27.4 Å². The molecule has 0 aliphatic heterocycles. The molecule has 0 fully saturated rings. The molecule has 0 spiro atoms. The lowest BCUT2D eigenvalue weighted by molar-refractivity contribution is 0.100. The standard InChI is InChI=1S/C15H11Cl3N2OS.C7H3Cl3O.C2H6/c1-8-6-19-7-12(18)13(8)15(22-2)20-14(21)10-4-3-9(16)5-11(10)17;8-4-1-2-5(7(10)11)6(9)3-4;1-2/h3-7H,1-2H3;1-3H;1-2H3. The number of thioether (sulfide) groups is 1. The number of carbonyl (C=O) groups excluding carboxylic acids is 2. The molecule has 0 aliphatic rings. The normalized spacial score (nSPS) is 10.5. The van der Waals surface area contributed by atoms with Crippen LogP contribution in [-0.2, 0) is 0 Å². The lowest BCUT2D eigenvalue weighted by atomic mass is 10.1. The van der Waals surface area contributed by atoms with E-state index >= 15 is 0 Å². The Hall–Kier alpha value is -1.31. The summed E-state index contributed by atoms with van der Waals surface area (Å²) in [5.74, 6) is -0.446. The maximum absolute atomic E-state index is 12.4. The van der Waals surface area contributed by atoms with E-state index in [2.05, 4.69) is 9.98 Å². The van der Waals surface area contributed by atoms with Crippen molar-refractivity contribution >= 4 is 97.6 Å². The predicted octanol–water partition coefficient (Wildman–Crippen LogP) is 9.70. The van der Waals surface area contributed by atoms with Crippen molar-refractivity contribution in [2.45, 2.75) is 20.8 Å². The number of rotatable bonds is 3. The van der Waals surface area contributed by atoms with Crippen molar-refractivity contribution < 1.29 is 9.59 Å². The van der Waals surface area contributed by atoms with Gasteiger partial charge in [-0.15, -0.1) is 11.8 Å². The third-order valence-corrected chi connectivity index (χ3v) is 6.27. The highest BCUT2D eigenvalue weighted by Gasteiger charge is 2.16. The molecule has 0 atom stereocenters. The summed E-state index contributed by atoms with van der Waals surface area (Å²) in [5.41, 5.74) is 2.11. The second-order valence-corrected chi connectivity index (χ2v) is 9.49. The van der Waals surface area contributed by atoms with Gasteiger partial charge in [-0.05, 0) is 66.7 Å². The van der Waals surface area contributed by atoms with Gasteiger partial charge in [-0.1, -0.05) is 71.9 Å². The summed E-state index contributed by atoms with van der Waals surface area (Å²) in [6.45, 7) is 5.86. The summed E-state index contributed by atoms with van der Waals surface area (Å²) in [6.07, 6.45) is 5.02. The van der Waals surface area contributed by atoms with E-state index in [9.17, 15) is 9.59 Å². The summed E-state index contributed by atoms with van der Waals surface area (Å²) < 4.78 is 0. The van der Waals surface area contributed by atoms with Gasteiger partial charge in [0.25, 0.3) is 11.1 Å². The molecule has 0 saturated carbocycles. The number of hydrogen-bond donors (Lipinski definition) is 0. The predicted molar refractivity (Wildman–Crippen MR) is 153 cm³/mol. The fourth-order valence-electron chi connectivity index (χ4n) is 2.47. The van der Waals surface area contributed by atoms with Crippen LogP contribution in [0.5, 0.6) is 0 Å². The second-order valence-electron chi connectivity index (χ2n) is 6.26. The largest absolute Gasteiger partial charge is 0.279 e. The van der Waals surface area contributed by atoms with Crippen LogP contribution in [0, 0.1) is 6.92 Å². The van der Waals surface area contributed by atoms with E-state index in [0.717, 1.165) is 5.56 Å². The number of aliphatic imine (C=N–C) groups is 1. The molecule has 4 nitrogen and oxygen atoms in total. The number of carbonyl (C=O) groups is 2.